The van der Waals surface area contributed by atoms with E-state index in [2.05, 4.69) is 10.7 Å². The first-order valence-corrected chi connectivity index (χ1v) is 9.43. The number of carbonyl (C=O) groups is 4. The Kier molecular flexibility index (Phi) is 5.09. The normalized spacial score (nSPS) is 34.5. The molecule has 0 aromatic carbocycles. The maximum absolute atomic E-state index is 13.4. The molecular weight excluding hydrogens is 379 g/mol. The number of nitrogens with one attached hydrogen (secondary N) is 2. The summed E-state index contributed by atoms with van der Waals surface area (Å²) >= 11 is 5.28. The summed E-state index contributed by atoms with van der Waals surface area (Å²) in [5.74, 6) is -2.36. The van der Waals surface area contributed by atoms with Crippen LogP contribution in [0, 0.1) is 23.2 Å². The highest BCUT2D eigenvalue weighted by Crippen LogP contribution is 2.64. The second-order valence-corrected chi connectivity index (χ2v) is 8.65. The standard InChI is InChI=1S/C17H24ClFN4O4/c1-8-4-9(14(25)20-8)5-23(16(27)13(18)19)21-15(26)12-11-10(17(11,2)3)6-22(12)7-24/h7-13H,4-6H2,1-3H3,(H,20,25)(H,21,26)/t8?,9?,10-,11?,12-,13?/m0/s1. The van der Waals surface area contributed by atoms with E-state index in [1.165, 1.54) is 4.90 Å². The molecule has 2 saturated heterocycles. The first-order valence-electron chi connectivity index (χ1n) is 8.99. The Labute approximate surface area is 161 Å². The van der Waals surface area contributed by atoms with Crippen LogP contribution in [-0.4, -0.2) is 64.8 Å². The third-order valence-electron chi connectivity index (χ3n) is 6.15. The smallest absolute Gasteiger partial charge is 0.291 e. The fourth-order valence-electron chi connectivity index (χ4n) is 4.57. The van der Waals surface area contributed by atoms with Gasteiger partial charge < -0.3 is 10.2 Å². The van der Waals surface area contributed by atoms with Crippen LogP contribution in [0.1, 0.15) is 27.2 Å². The van der Waals surface area contributed by atoms with Gasteiger partial charge in [0.05, 0.1) is 12.5 Å². The number of halogens is 2. The van der Waals surface area contributed by atoms with Crippen LogP contribution in [0.2, 0.25) is 0 Å². The van der Waals surface area contributed by atoms with Crippen molar-refractivity contribution in [2.75, 3.05) is 13.1 Å². The Morgan fingerprint density at radius 2 is 2.19 bits per heavy atom. The summed E-state index contributed by atoms with van der Waals surface area (Å²) in [6.45, 7) is 6.15. The molecule has 4 unspecified atom stereocenters. The van der Waals surface area contributed by atoms with Crippen molar-refractivity contribution < 1.29 is 23.6 Å². The molecule has 8 nitrogen and oxygen atoms in total. The molecule has 0 spiro atoms. The monoisotopic (exact) mass is 402 g/mol. The van der Waals surface area contributed by atoms with Crippen LogP contribution < -0.4 is 10.7 Å². The predicted octanol–water partition coefficient (Wildman–Crippen LogP) is 0.0180. The van der Waals surface area contributed by atoms with Gasteiger partial charge in [0.1, 0.15) is 6.04 Å². The Morgan fingerprint density at radius 1 is 1.52 bits per heavy atom. The SMILES string of the molecule is CC1CC(CN(NC(=O)[C@@H]2C3[C@H](CN2C=O)C3(C)C)C(=O)C(F)Cl)C(=O)N1. The van der Waals surface area contributed by atoms with Gasteiger partial charge in [0, 0.05) is 12.6 Å². The van der Waals surface area contributed by atoms with Crippen molar-refractivity contribution in [1.82, 2.24) is 20.7 Å². The highest BCUT2D eigenvalue weighted by Gasteiger charge is 2.68. The van der Waals surface area contributed by atoms with Gasteiger partial charge in [-0.05, 0) is 30.6 Å². The van der Waals surface area contributed by atoms with Crippen LogP contribution in [0.3, 0.4) is 0 Å². The predicted molar refractivity (Wildman–Crippen MR) is 93.6 cm³/mol. The fourth-order valence-corrected chi connectivity index (χ4v) is 4.69. The van der Waals surface area contributed by atoms with E-state index in [0.717, 1.165) is 5.01 Å². The van der Waals surface area contributed by atoms with E-state index in [-0.39, 0.29) is 35.7 Å². The van der Waals surface area contributed by atoms with Crippen LogP contribution in [0.25, 0.3) is 0 Å². The van der Waals surface area contributed by atoms with Gasteiger partial charge in [-0.1, -0.05) is 25.4 Å². The number of piperidine rings is 1. The molecule has 6 atom stereocenters. The molecule has 3 fully saturated rings. The van der Waals surface area contributed by atoms with Gasteiger partial charge in [-0.25, -0.2) is 9.40 Å². The van der Waals surface area contributed by atoms with Gasteiger partial charge in [-0.3, -0.25) is 24.6 Å². The third-order valence-corrected chi connectivity index (χ3v) is 6.33. The summed E-state index contributed by atoms with van der Waals surface area (Å²) < 4.78 is 13.4. The molecular formula is C17H24ClFN4O4. The lowest BCUT2D eigenvalue weighted by molar-refractivity contribution is -0.147. The number of amides is 4. The molecule has 2 heterocycles. The summed E-state index contributed by atoms with van der Waals surface area (Å²) in [6, 6.07) is -0.803. The van der Waals surface area contributed by atoms with Gasteiger partial charge in [0.15, 0.2) is 0 Å². The minimum atomic E-state index is -2.34. The third kappa shape index (κ3) is 3.49. The van der Waals surface area contributed by atoms with Crippen LogP contribution in [0.5, 0.6) is 0 Å². The average molecular weight is 403 g/mol. The van der Waals surface area contributed by atoms with Crippen molar-refractivity contribution in [3.63, 3.8) is 0 Å². The molecule has 2 aliphatic heterocycles. The maximum atomic E-state index is 13.4. The Hall–Kier alpha value is -1.90. The van der Waals surface area contributed by atoms with Gasteiger partial charge in [0.25, 0.3) is 17.4 Å². The Morgan fingerprint density at radius 3 is 2.70 bits per heavy atom. The van der Waals surface area contributed by atoms with Crippen LogP contribution >= 0.6 is 11.6 Å². The topological polar surface area (TPSA) is 98.8 Å². The first-order chi connectivity index (χ1) is 12.6. The molecule has 3 aliphatic rings. The van der Waals surface area contributed by atoms with Crippen molar-refractivity contribution in [1.29, 1.82) is 0 Å². The molecule has 4 amide bonds. The molecule has 0 radical (unpaired) electrons. The quantitative estimate of drug-likeness (QED) is 0.384. The minimum absolute atomic E-state index is 0.0216. The summed E-state index contributed by atoms with van der Waals surface area (Å²) in [6.07, 6.45) is 1.07. The average Bonchev–Trinajstić information content (AvgIpc) is 2.93. The lowest BCUT2D eigenvalue weighted by Crippen LogP contribution is -2.56. The number of rotatable bonds is 5. The van der Waals surface area contributed by atoms with Crippen molar-refractivity contribution in [2.45, 2.75) is 44.9 Å². The largest absolute Gasteiger partial charge is 0.353 e. The number of hydrazine groups is 1. The molecule has 27 heavy (non-hydrogen) atoms. The highest BCUT2D eigenvalue weighted by atomic mass is 35.5. The zero-order valence-electron chi connectivity index (χ0n) is 15.4. The summed E-state index contributed by atoms with van der Waals surface area (Å²) in [5, 5.41) is 3.49. The summed E-state index contributed by atoms with van der Waals surface area (Å²) in [5.41, 5.74) is -0.0202. The maximum Gasteiger partial charge on any atom is 0.291 e. The van der Waals surface area contributed by atoms with Crippen molar-refractivity contribution in [3.05, 3.63) is 0 Å². The zero-order valence-corrected chi connectivity index (χ0v) is 16.2. The molecule has 2 N–H and O–H groups in total. The first kappa shape index (κ1) is 19.9. The lowest BCUT2D eigenvalue weighted by atomic mass is 10.0. The fraction of sp³-hybridized carbons (Fsp3) is 0.765. The molecule has 0 bridgehead atoms. The van der Waals surface area contributed by atoms with Crippen molar-refractivity contribution >= 4 is 35.7 Å². The Balaban J connectivity index is 1.73. The second-order valence-electron chi connectivity index (χ2n) is 8.27. The molecule has 0 aromatic rings. The van der Waals surface area contributed by atoms with E-state index in [9.17, 15) is 23.6 Å². The number of alkyl halides is 2. The number of fused-ring (bicyclic) bond motifs is 1. The zero-order chi connectivity index (χ0) is 20.1. The second kappa shape index (κ2) is 6.92. The van der Waals surface area contributed by atoms with E-state index in [1.54, 1.807) is 0 Å². The van der Waals surface area contributed by atoms with Gasteiger partial charge in [-0.15, -0.1) is 0 Å². The number of hydrogen-bond donors (Lipinski definition) is 2. The molecule has 1 saturated carbocycles. The number of nitrogens with zero attached hydrogens (tertiary/aromatic N) is 2. The number of hydrogen-bond acceptors (Lipinski definition) is 4. The van der Waals surface area contributed by atoms with Gasteiger partial charge in [0.2, 0.25) is 12.3 Å². The minimum Gasteiger partial charge on any atom is -0.353 e. The highest BCUT2D eigenvalue weighted by molar-refractivity contribution is 6.29. The van der Waals surface area contributed by atoms with E-state index in [4.69, 9.17) is 11.6 Å². The summed E-state index contributed by atoms with van der Waals surface area (Å²) in [4.78, 5) is 49.6. The van der Waals surface area contributed by atoms with Crippen LogP contribution in [-0.2, 0) is 19.2 Å². The molecule has 10 heteroatoms. The van der Waals surface area contributed by atoms with Crippen LogP contribution in [0.4, 0.5) is 4.39 Å². The molecule has 0 aromatic heterocycles. The van der Waals surface area contributed by atoms with Crippen molar-refractivity contribution in [2.24, 2.45) is 23.2 Å². The molecule has 150 valence electrons. The summed E-state index contributed by atoms with van der Waals surface area (Å²) in [7, 11) is 0. The number of likely N-dealkylation sites (tertiary alicyclic amines) is 1. The Bertz CT molecular complexity index is 673. The van der Waals surface area contributed by atoms with E-state index >= 15 is 0 Å². The number of carbonyl (C=O) groups excluding carboxylic acids is 4. The molecule has 3 rings (SSSR count). The van der Waals surface area contributed by atoms with E-state index in [0.29, 0.717) is 19.4 Å². The van der Waals surface area contributed by atoms with Crippen molar-refractivity contribution in [3.8, 4) is 0 Å². The van der Waals surface area contributed by atoms with Crippen LogP contribution in [0.15, 0.2) is 0 Å². The van der Waals surface area contributed by atoms with Gasteiger partial charge in [-0.2, -0.15) is 0 Å². The molecule has 1 aliphatic carbocycles. The van der Waals surface area contributed by atoms with Gasteiger partial charge >= 0.3 is 0 Å². The van der Waals surface area contributed by atoms with E-state index in [1.807, 2.05) is 20.8 Å². The lowest BCUT2D eigenvalue weighted by Gasteiger charge is -2.31. The van der Waals surface area contributed by atoms with E-state index < -0.39 is 29.4 Å².